The molecule has 0 unspecified atom stereocenters. The van der Waals surface area contributed by atoms with Gasteiger partial charge in [-0.05, 0) is 76.2 Å². The number of pyridine rings is 1. The molecule has 260 valence electrons. The van der Waals surface area contributed by atoms with Gasteiger partial charge in [0.2, 0.25) is 0 Å². The van der Waals surface area contributed by atoms with Gasteiger partial charge in [0.05, 0.1) is 11.4 Å². The summed E-state index contributed by atoms with van der Waals surface area (Å²) in [5.41, 5.74) is 14.7. The van der Waals surface area contributed by atoms with E-state index in [1.165, 1.54) is 16.7 Å². The first-order chi connectivity index (χ1) is 27.1. The van der Waals surface area contributed by atoms with Crippen molar-refractivity contribution in [2.24, 2.45) is 0 Å². The number of hydrogen-bond acceptors (Lipinski definition) is 4. The molecule has 2 heterocycles. The molecule has 0 aliphatic rings. The van der Waals surface area contributed by atoms with Gasteiger partial charge in [0.1, 0.15) is 0 Å². The summed E-state index contributed by atoms with van der Waals surface area (Å²) in [6, 6.07) is 69.4. The summed E-state index contributed by atoms with van der Waals surface area (Å²) in [5.74, 6) is 1.88. The number of hydrogen-bond donors (Lipinski definition) is 0. The molecule has 0 saturated carbocycles. The maximum absolute atomic E-state index is 5.09. The number of rotatable bonds is 8. The fraction of sp³-hybridized carbons (Fsp3) is 0.0196. The minimum absolute atomic E-state index is 0.616. The monoisotopic (exact) mass is 704 g/mol. The fourth-order valence-electron chi connectivity index (χ4n) is 6.92. The summed E-state index contributed by atoms with van der Waals surface area (Å²) >= 11 is 0. The van der Waals surface area contributed by atoms with E-state index < -0.39 is 0 Å². The molecule has 0 radical (unpaired) electrons. The molecule has 0 aliphatic heterocycles. The lowest BCUT2D eigenvalue weighted by atomic mass is 9.94. The Morgan fingerprint density at radius 2 is 0.527 bits per heavy atom. The van der Waals surface area contributed by atoms with Crippen LogP contribution in [0.2, 0.25) is 0 Å². The average Bonchev–Trinajstić information content (AvgIpc) is 3.27. The van der Waals surface area contributed by atoms with Crippen LogP contribution in [0.1, 0.15) is 5.56 Å². The van der Waals surface area contributed by atoms with Crippen molar-refractivity contribution in [2.45, 2.75) is 6.92 Å². The summed E-state index contributed by atoms with van der Waals surface area (Å²) in [7, 11) is 0. The Balaban J connectivity index is 1.16. The molecule has 0 saturated heterocycles. The van der Waals surface area contributed by atoms with Crippen LogP contribution in [0.3, 0.4) is 0 Å². The number of aryl methyl sites for hydroxylation is 1. The topological polar surface area (TPSA) is 51.6 Å². The fourth-order valence-corrected chi connectivity index (χ4v) is 6.92. The lowest BCUT2D eigenvalue weighted by Crippen LogP contribution is -2.00. The molecule has 0 spiro atoms. The molecule has 0 N–H and O–H groups in total. The lowest BCUT2D eigenvalue weighted by molar-refractivity contribution is 1.07. The predicted octanol–water partition coefficient (Wildman–Crippen LogP) is 12.9. The van der Waals surface area contributed by atoms with Crippen LogP contribution in [0.4, 0.5) is 0 Å². The van der Waals surface area contributed by atoms with Gasteiger partial charge >= 0.3 is 0 Å². The maximum atomic E-state index is 5.09. The van der Waals surface area contributed by atoms with E-state index in [1.807, 2.05) is 72.8 Å². The van der Waals surface area contributed by atoms with Crippen LogP contribution in [-0.4, -0.2) is 19.9 Å². The quantitative estimate of drug-likeness (QED) is 0.158. The van der Waals surface area contributed by atoms with Crippen molar-refractivity contribution in [2.75, 3.05) is 0 Å². The van der Waals surface area contributed by atoms with Crippen molar-refractivity contribution in [3.05, 3.63) is 206 Å². The number of aromatic nitrogens is 4. The molecule has 0 aliphatic carbocycles. The molecular weight excluding hydrogens is 669 g/mol. The second kappa shape index (κ2) is 15.0. The molecule has 55 heavy (non-hydrogen) atoms. The Morgan fingerprint density at radius 1 is 0.236 bits per heavy atom. The number of nitrogens with zero attached hydrogens (tertiary/aromatic N) is 4. The summed E-state index contributed by atoms with van der Waals surface area (Å²) in [6.07, 6.45) is 0. The zero-order chi connectivity index (χ0) is 37.0. The lowest BCUT2D eigenvalue weighted by Gasteiger charge is -2.13. The van der Waals surface area contributed by atoms with Gasteiger partial charge in [-0.1, -0.05) is 170 Å². The van der Waals surface area contributed by atoms with Crippen molar-refractivity contribution < 1.29 is 0 Å². The first-order valence-corrected chi connectivity index (χ1v) is 18.5. The second-order valence-corrected chi connectivity index (χ2v) is 13.6. The van der Waals surface area contributed by atoms with Gasteiger partial charge in [0, 0.05) is 27.8 Å². The SMILES string of the molecule is Cc1cc(-c2ccccc2)nc(-c2ccc(-c3cc(-c4ccc(-c5ccccc5)cc4)cc(-c4nc(-c5ccccc5)nc(-c5ccccc5)n4)c3)cc2)c1. The normalized spacial score (nSPS) is 11.0. The molecule has 9 rings (SSSR count). The Morgan fingerprint density at radius 3 is 0.964 bits per heavy atom. The van der Waals surface area contributed by atoms with E-state index in [0.29, 0.717) is 17.5 Å². The van der Waals surface area contributed by atoms with Crippen molar-refractivity contribution in [3.63, 3.8) is 0 Å². The van der Waals surface area contributed by atoms with Gasteiger partial charge in [-0.25, -0.2) is 19.9 Å². The Labute approximate surface area is 321 Å². The van der Waals surface area contributed by atoms with Crippen LogP contribution in [-0.2, 0) is 0 Å². The first-order valence-electron chi connectivity index (χ1n) is 18.5. The molecular formula is C51H36N4. The van der Waals surface area contributed by atoms with Gasteiger partial charge in [0.15, 0.2) is 17.5 Å². The molecule has 2 aromatic heterocycles. The summed E-state index contributed by atoms with van der Waals surface area (Å²) in [6.45, 7) is 2.12. The zero-order valence-electron chi connectivity index (χ0n) is 30.3. The van der Waals surface area contributed by atoms with E-state index in [-0.39, 0.29) is 0 Å². The Kier molecular flexibility index (Phi) is 9.13. The highest BCUT2D eigenvalue weighted by atomic mass is 15.0. The van der Waals surface area contributed by atoms with E-state index in [0.717, 1.165) is 61.5 Å². The predicted molar refractivity (Wildman–Crippen MR) is 226 cm³/mol. The van der Waals surface area contributed by atoms with Gasteiger partial charge in [0.25, 0.3) is 0 Å². The standard InChI is InChI=1S/C51H36N4/c1-35-30-47(40-16-8-3-9-17-40)52-48(31-35)41-28-26-39(27-29-41)45-32-44(38-24-22-37(23-25-38)36-14-6-2-7-15-36)33-46(34-45)51-54-49(42-18-10-4-11-19-42)53-50(55-51)43-20-12-5-13-21-43/h2-34H,1H3. The van der Waals surface area contributed by atoms with Gasteiger partial charge in [-0.2, -0.15) is 0 Å². The van der Waals surface area contributed by atoms with E-state index in [2.05, 4.69) is 134 Å². The van der Waals surface area contributed by atoms with E-state index in [1.54, 1.807) is 0 Å². The molecule has 4 nitrogen and oxygen atoms in total. The van der Waals surface area contributed by atoms with E-state index >= 15 is 0 Å². The van der Waals surface area contributed by atoms with Crippen molar-refractivity contribution in [1.82, 2.24) is 19.9 Å². The highest BCUT2D eigenvalue weighted by Gasteiger charge is 2.15. The van der Waals surface area contributed by atoms with Crippen molar-refractivity contribution >= 4 is 0 Å². The highest BCUT2D eigenvalue weighted by Crippen LogP contribution is 2.35. The van der Waals surface area contributed by atoms with Crippen LogP contribution in [0, 0.1) is 6.92 Å². The van der Waals surface area contributed by atoms with Gasteiger partial charge in [-0.3, -0.25) is 0 Å². The molecule has 0 amide bonds. The Hall–Kier alpha value is -7.30. The minimum atomic E-state index is 0.616. The maximum Gasteiger partial charge on any atom is 0.164 e. The molecule has 0 bridgehead atoms. The third kappa shape index (κ3) is 7.35. The van der Waals surface area contributed by atoms with Crippen molar-refractivity contribution in [3.8, 4) is 90.1 Å². The van der Waals surface area contributed by atoms with Crippen LogP contribution in [0.25, 0.3) is 90.1 Å². The highest BCUT2D eigenvalue weighted by molar-refractivity contribution is 5.82. The van der Waals surface area contributed by atoms with Crippen molar-refractivity contribution in [1.29, 1.82) is 0 Å². The molecule has 9 aromatic rings. The molecule has 7 aromatic carbocycles. The first kappa shape index (κ1) is 33.5. The molecule has 4 heteroatoms. The van der Waals surface area contributed by atoms with Gasteiger partial charge < -0.3 is 0 Å². The smallest absolute Gasteiger partial charge is 0.164 e. The third-order valence-corrected chi connectivity index (χ3v) is 9.77. The zero-order valence-corrected chi connectivity index (χ0v) is 30.3. The van der Waals surface area contributed by atoms with E-state index in [4.69, 9.17) is 19.9 Å². The van der Waals surface area contributed by atoms with E-state index in [9.17, 15) is 0 Å². The largest absolute Gasteiger partial charge is 0.248 e. The Bertz CT molecular complexity index is 2650. The summed E-state index contributed by atoms with van der Waals surface area (Å²) in [5, 5.41) is 0. The summed E-state index contributed by atoms with van der Waals surface area (Å²) in [4.78, 5) is 20.2. The second-order valence-electron chi connectivity index (χ2n) is 13.6. The molecule has 0 fully saturated rings. The van der Waals surface area contributed by atoms with Crippen LogP contribution >= 0.6 is 0 Å². The third-order valence-electron chi connectivity index (χ3n) is 9.77. The molecule has 0 atom stereocenters. The summed E-state index contributed by atoms with van der Waals surface area (Å²) < 4.78 is 0. The average molecular weight is 705 g/mol. The minimum Gasteiger partial charge on any atom is -0.248 e. The van der Waals surface area contributed by atoms with Gasteiger partial charge in [-0.15, -0.1) is 0 Å². The number of benzene rings is 7. The van der Waals surface area contributed by atoms with Crippen LogP contribution in [0.5, 0.6) is 0 Å². The van der Waals surface area contributed by atoms with Crippen LogP contribution in [0.15, 0.2) is 200 Å². The van der Waals surface area contributed by atoms with Crippen LogP contribution < -0.4 is 0 Å².